The molecule has 0 aliphatic carbocycles. The lowest BCUT2D eigenvalue weighted by Gasteiger charge is -1.98. The number of aromatic nitrogens is 1. The molecule has 2 aromatic rings. The molecule has 0 saturated carbocycles. The standard InChI is InChI=1S/C12H11NO3/c1-8-13-11(12(14)16-8)7-9-3-5-10(15-2)6-4-9/h3-7,13H,1H2,2H3. The lowest BCUT2D eigenvalue weighted by atomic mass is 10.2. The number of aromatic amines is 1. The molecule has 0 fully saturated rings. The molecule has 0 radical (unpaired) electrons. The van der Waals surface area contributed by atoms with Gasteiger partial charge in [0.25, 0.3) is 0 Å². The third-order valence-electron chi connectivity index (χ3n) is 2.14. The van der Waals surface area contributed by atoms with Gasteiger partial charge in [-0.2, -0.15) is 0 Å². The van der Waals surface area contributed by atoms with E-state index in [1.165, 1.54) is 0 Å². The summed E-state index contributed by atoms with van der Waals surface area (Å²) in [6, 6.07) is 7.34. The van der Waals surface area contributed by atoms with E-state index in [0.717, 1.165) is 11.3 Å². The van der Waals surface area contributed by atoms with Crippen LogP contribution in [0.1, 0.15) is 5.56 Å². The molecule has 0 aliphatic rings. The fourth-order valence-corrected chi connectivity index (χ4v) is 1.36. The fourth-order valence-electron chi connectivity index (χ4n) is 1.36. The molecule has 2 rings (SSSR count). The summed E-state index contributed by atoms with van der Waals surface area (Å²) in [5.74, 6) is 0.772. The van der Waals surface area contributed by atoms with Crippen molar-refractivity contribution >= 4 is 12.7 Å². The first-order valence-corrected chi connectivity index (χ1v) is 4.73. The van der Waals surface area contributed by atoms with Gasteiger partial charge in [-0.25, -0.2) is 4.79 Å². The van der Waals surface area contributed by atoms with E-state index in [0.29, 0.717) is 5.35 Å². The van der Waals surface area contributed by atoms with E-state index in [9.17, 15) is 4.79 Å². The number of benzene rings is 1. The molecule has 0 atom stereocenters. The van der Waals surface area contributed by atoms with Crippen molar-refractivity contribution in [3.05, 3.63) is 51.1 Å². The van der Waals surface area contributed by atoms with Crippen LogP contribution in [-0.4, -0.2) is 12.1 Å². The van der Waals surface area contributed by atoms with Crippen LogP contribution in [0.25, 0.3) is 12.7 Å². The van der Waals surface area contributed by atoms with Crippen molar-refractivity contribution < 1.29 is 9.15 Å². The highest BCUT2D eigenvalue weighted by Gasteiger charge is 1.95. The quantitative estimate of drug-likeness (QED) is 0.782. The number of hydrogen-bond donors (Lipinski definition) is 1. The van der Waals surface area contributed by atoms with Gasteiger partial charge < -0.3 is 14.1 Å². The Labute approximate surface area is 91.5 Å². The van der Waals surface area contributed by atoms with Crippen LogP contribution in [-0.2, 0) is 0 Å². The van der Waals surface area contributed by atoms with Gasteiger partial charge in [-0.05, 0) is 30.4 Å². The Hall–Kier alpha value is -2.23. The van der Waals surface area contributed by atoms with Crippen LogP contribution in [0.15, 0.2) is 33.5 Å². The van der Waals surface area contributed by atoms with Crippen LogP contribution >= 0.6 is 0 Å². The number of oxazole rings is 1. The monoisotopic (exact) mass is 217 g/mol. The zero-order chi connectivity index (χ0) is 11.5. The number of nitrogens with one attached hydrogen (secondary N) is 1. The van der Waals surface area contributed by atoms with Gasteiger partial charge in [0, 0.05) is 0 Å². The maximum absolute atomic E-state index is 11.3. The molecule has 82 valence electrons. The van der Waals surface area contributed by atoms with Gasteiger partial charge in [0.05, 0.1) is 7.11 Å². The Bertz CT molecular complexity index is 634. The van der Waals surface area contributed by atoms with E-state index in [4.69, 9.17) is 9.15 Å². The fraction of sp³-hybridized carbons (Fsp3) is 0.0833. The zero-order valence-electron chi connectivity index (χ0n) is 8.82. The van der Waals surface area contributed by atoms with Crippen LogP contribution in [0.4, 0.5) is 0 Å². The average Bonchev–Trinajstić information content (AvgIpc) is 2.59. The van der Waals surface area contributed by atoms with Crippen LogP contribution in [0, 0.1) is 0 Å². The predicted molar refractivity (Wildman–Crippen MR) is 60.7 cm³/mol. The number of rotatable bonds is 2. The molecule has 4 nitrogen and oxygen atoms in total. The molecule has 1 heterocycles. The normalized spacial score (nSPS) is 11.7. The van der Waals surface area contributed by atoms with Crippen LogP contribution in [0.2, 0.25) is 0 Å². The summed E-state index contributed by atoms with van der Waals surface area (Å²) in [5, 5.41) is 0.384. The van der Waals surface area contributed by atoms with Gasteiger partial charge in [0.2, 0.25) is 0 Å². The Kier molecular flexibility index (Phi) is 2.64. The molecular weight excluding hydrogens is 206 g/mol. The minimum absolute atomic E-state index is 0.254. The maximum atomic E-state index is 11.3. The van der Waals surface area contributed by atoms with Crippen molar-refractivity contribution in [3.8, 4) is 5.75 Å². The van der Waals surface area contributed by atoms with E-state index in [-0.39, 0.29) is 5.55 Å². The van der Waals surface area contributed by atoms with Crippen LogP contribution in [0.5, 0.6) is 5.75 Å². The summed E-state index contributed by atoms with van der Waals surface area (Å²) in [6.07, 6.45) is 1.69. The van der Waals surface area contributed by atoms with Gasteiger partial charge in [-0.15, -0.1) is 0 Å². The van der Waals surface area contributed by atoms with Gasteiger partial charge in [-0.1, -0.05) is 12.1 Å². The van der Waals surface area contributed by atoms with Gasteiger partial charge in [-0.3, -0.25) is 0 Å². The first kappa shape index (κ1) is 10.3. The smallest absolute Gasteiger partial charge is 0.361 e. The lowest BCUT2D eigenvalue weighted by Crippen LogP contribution is -2.20. The molecule has 0 unspecified atom stereocenters. The van der Waals surface area contributed by atoms with E-state index >= 15 is 0 Å². The van der Waals surface area contributed by atoms with Crippen LogP contribution < -0.4 is 21.3 Å². The lowest BCUT2D eigenvalue weighted by molar-refractivity contribution is 0.415. The van der Waals surface area contributed by atoms with Crippen molar-refractivity contribution in [1.82, 2.24) is 4.98 Å². The molecular formula is C12H11NO3. The zero-order valence-corrected chi connectivity index (χ0v) is 8.82. The minimum atomic E-state index is -0.416. The second kappa shape index (κ2) is 4.10. The first-order chi connectivity index (χ1) is 7.69. The van der Waals surface area contributed by atoms with Gasteiger partial charge in [0.15, 0.2) is 5.55 Å². The van der Waals surface area contributed by atoms with E-state index in [1.807, 2.05) is 24.3 Å². The second-order valence-electron chi connectivity index (χ2n) is 3.27. The Morgan fingerprint density at radius 3 is 2.56 bits per heavy atom. The number of hydrogen-bond acceptors (Lipinski definition) is 3. The molecule has 1 aromatic heterocycles. The molecule has 0 amide bonds. The van der Waals surface area contributed by atoms with Crippen LogP contribution in [0.3, 0.4) is 0 Å². The Morgan fingerprint density at radius 1 is 1.38 bits per heavy atom. The summed E-state index contributed by atoms with van der Waals surface area (Å²) in [7, 11) is 1.60. The molecule has 0 aliphatic heterocycles. The van der Waals surface area contributed by atoms with E-state index in [2.05, 4.69) is 11.6 Å². The van der Waals surface area contributed by atoms with Crippen molar-refractivity contribution in [1.29, 1.82) is 0 Å². The van der Waals surface area contributed by atoms with Crippen molar-refractivity contribution in [3.63, 3.8) is 0 Å². The highest BCUT2D eigenvalue weighted by Crippen LogP contribution is 2.11. The topological polar surface area (TPSA) is 55.2 Å². The summed E-state index contributed by atoms with van der Waals surface area (Å²) in [6.45, 7) is 3.51. The van der Waals surface area contributed by atoms with Crippen molar-refractivity contribution in [2.45, 2.75) is 0 Å². The second-order valence-corrected chi connectivity index (χ2v) is 3.27. The number of H-pyrrole nitrogens is 1. The minimum Gasteiger partial charge on any atom is -0.497 e. The Balaban J connectivity index is 2.46. The summed E-state index contributed by atoms with van der Waals surface area (Å²) in [5.41, 5.74) is 0.723. The summed E-state index contributed by atoms with van der Waals surface area (Å²) < 4.78 is 9.79. The Morgan fingerprint density at radius 2 is 2.06 bits per heavy atom. The molecule has 0 saturated heterocycles. The molecule has 0 bridgehead atoms. The van der Waals surface area contributed by atoms with E-state index in [1.54, 1.807) is 13.2 Å². The SMILES string of the molecule is C=c1[nH]c(=Cc2ccc(OC)cc2)c(=O)o1. The number of ether oxygens (including phenoxy) is 1. The third-order valence-corrected chi connectivity index (χ3v) is 2.14. The maximum Gasteiger partial charge on any atom is 0.361 e. The largest absolute Gasteiger partial charge is 0.497 e. The molecule has 1 N–H and O–H groups in total. The summed E-state index contributed by atoms with van der Waals surface area (Å²) >= 11 is 0. The van der Waals surface area contributed by atoms with Gasteiger partial charge in [0.1, 0.15) is 11.1 Å². The van der Waals surface area contributed by atoms with E-state index < -0.39 is 5.63 Å². The molecule has 0 spiro atoms. The first-order valence-electron chi connectivity index (χ1n) is 4.73. The highest BCUT2D eigenvalue weighted by molar-refractivity contribution is 5.49. The third kappa shape index (κ3) is 2.06. The average molecular weight is 217 g/mol. The molecule has 4 heteroatoms. The number of methoxy groups -OCH3 is 1. The summed E-state index contributed by atoms with van der Waals surface area (Å²) in [4.78, 5) is 14.0. The molecule has 16 heavy (non-hydrogen) atoms. The van der Waals surface area contributed by atoms with Gasteiger partial charge >= 0.3 is 5.63 Å². The van der Waals surface area contributed by atoms with Crippen molar-refractivity contribution in [2.75, 3.05) is 7.11 Å². The van der Waals surface area contributed by atoms with Crippen molar-refractivity contribution in [2.24, 2.45) is 0 Å². The molecule has 1 aromatic carbocycles. The predicted octanol–water partition coefficient (Wildman–Crippen LogP) is 0.216. The highest BCUT2D eigenvalue weighted by atomic mass is 16.5.